The molecule has 16 heavy (non-hydrogen) atoms. The van der Waals surface area contributed by atoms with Gasteiger partial charge in [-0.1, -0.05) is 0 Å². The number of nitrogens with two attached hydrogens (primary N) is 1. The highest BCUT2D eigenvalue weighted by Crippen LogP contribution is 2.32. The summed E-state index contributed by atoms with van der Waals surface area (Å²) in [6, 6.07) is 4.53. The zero-order valence-electron chi connectivity index (χ0n) is 10.1. The van der Waals surface area contributed by atoms with Gasteiger partial charge in [-0.3, -0.25) is 0 Å². The van der Waals surface area contributed by atoms with Crippen LogP contribution >= 0.6 is 11.3 Å². The maximum Gasteiger partial charge on any atom is 0.0907 e. The van der Waals surface area contributed by atoms with Crippen LogP contribution in [0.3, 0.4) is 0 Å². The molecule has 2 N–H and O–H groups in total. The molecule has 2 aromatic rings. The van der Waals surface area contributed by atoms with Crippen molar-refractivity contribution in [2.75, 3.05) is 17.7 Å². The highest BCUT2D eigenvalue weighted by molar-refractivity contribution is 7.18. The van der Waals surface area contributed by atoms with E-state index in [1.807, 2.05) is 13.0 Å². The first-order valence-electron chi connectivity index (χ1n) is 5.38. The van der Waals surface area contributed by atoms with E-state index in [1.54, 1.807) is 11.3 Å². The van der Waals surface area contributed by atoms with Crippen molar-refractivity contribution in [3.8, 4) is 0 Å². The van der Waals surface area contributed by atoms with Crippen LogP contribution < -0.4 is 10.6 Å². The molecule has 0 aliphatic carbocycles. The first kappa shape index (κ1) is 11.2. The van der Waals surface area contributed by atoms with Gasteiger partial charge >= 0.3 is 0 Å². The van der Waals surface area contributed by atoms with Crippen molar-refractivity contribution in [3.05, 3.63) is 17.1 Å². The van der Waals surface area contributed by atoms with E-state index in [1.165, 1.54) is 0 Å². The fraction of sp³-hybridized carbons (Fsp3) is 0.417. The monoisotopic (exact) mass is 235 g/mol. The molecule has 0 fully saturated rings. The number of rotatable bonds is 2. The Bertz CT molecular complexity index is 516. The second-order valence-electron chi connectivity index (χ2n) is 4.32. The third-order valence-corrected chi connectivity index (χ3v) is 3.73. The van der Waals surface area contributed by atoms with Gasteiger partial charge in [0.05, 0.1) is 26.6 Å². The summed E-state index contributed by atoms with van der Waals surface area (Å²) in [5, 5.41) is 1.08. The lowest BCUT2D eigenvalue weighted by Crippen LogP contribution is -2.26. The van der Waals surface area contributed by atoms with Crippen LogP contribution in [-0.4, -0.2) is 18.1 Å². The van der Waals surface area contributed by atoms with Crippen LogP contribution in [0.4, 0.5) is 11.4 Å². The van der Waals surface area contributed by atoms with E-state index in [4.69, 9.17) is 5.73 Å². The maximum atomic E-state index is 6.07. The number of nitrogen functional groups attached to an aromatic ring is 1. The van der Waals surface area contributed by atoms with Gasteiger partial charge in [0.25, 0.3) is 0 Å². The Morgan fingerprint density at radius 2 is 2.06 bits per heavy atom. The fourth-order valence-electron chi connectivity index (χ4n) is 1.68. The number of benzene rings is 1. The predicted octanol–water partition coefficient (Wildman–Crippen LogP) is 3.03. The topological polar surface area (TPSA) is 42.2 Å². The number of fused-ring (bicyclic) bond motifs is 1. The molecule has 2 rings (SSSR count). The Morgan fingerprint density at radius 3 is 2.69 bits per heavy atom. The van der Waals surface area contributed by atoms with Crippen molar-refractivity contribution in [2.45, 2.75) is 26.8 Å². The molecule has 0 spiro atoms. The lowest BCUT2D eigenvalue weighted by Gasteiger charge is -2.25. The predicted molar refractivity (Wildman–Crippen MR) is 72.3 cm³/mol. The number of aryl methyl sites for hydroxylation is 1. The van der Waals surface area contributed by atoms with E-state index in [2.05, 4.69) is 36.8 Å². The molecule has 0 aliphatic heterocycles. The van der Waals surface area contributed by atoms with Gasteiger partial charge < -0.3 is 10.6 Å². The second kappa shape index (κ2) is 3.94. The summed E-state index contributed by atoms with van der Waals surface area (Å²) < 4.78 is 1.16. The molecular formula is C12H17N3S. The number of thiazole rings is 1. The van der Waals surface area contributed by atoms with Crippen molar-refractivity contribution >= 4 is 32.9 Å². The zero-order valence-corrected chi connectivity index (χ0v) is 10.9. The largest absolute Gasteiger partial charge is 0.397 e. The van der Waals surface area contributed by atoms with E-state index < -0.39 is 0 Å². The summed E-state index contributed by atoms with van der Waals surface area (Å²) in [6.07, 6.45) is 0. The summed E-state index contributed by atoms with van der Waals surface area (Å²) >= 11 is 1.69. The molecule has 0 radical (unpaired) electrons. The molecule has 1 aromatic carbocycles. The van der Waals surface area contributed by atoms with Crippen molar-refractivity contribution in [2.24, 2.45) is 0 Å². The van der Waals surface area contributed by atoms with Crippen molar-refractivity contribution < 1.29 is 0 Å². The standard InChI is InChI=1S/C12H17N3S/c1-7(2)15(4)11-6-10-12(5-9(11)13)16-8(3)14-10/h5-7H,13H2,1-4H3. The van der Waals surface area contributed by atoms with E-state index in [0.717, 1.165) is 26.6 Å². The van der Waals surface area contributed by atoms with E-state index >= 15 is 0 Å². The van der Waals surface area contributed by atoms with E-state index in [0.29, 0.717) is 6.04 Å². The van der Waals surface area contributed by atoms with Crippen LogP contribution in [0.25, 0.3) is 10.2 Å². The maximum absolute atomic E-state index is 6.07. The van der Waals surface area contributed by atoms with Gasteiger partial charge in [-0.15, -0.1) is 11.3 Å². The first-order chi connectivity index (χ1) is 7.49. The van der Waals surface area contributed by atoms with Gasteiger partial charge in [0, 0.05) is 13.1 Å². The molecule has 4 heteroatoms. The Hall–Kier alpha value is -1.29. The molecule has 0 bridgehead atoms. The second-order valence-corrected chi connectivity index (χ2v) is 5.55. The number of aromatic nitrogens is 1. The smallest absolute Gasteiger partial charge is 0.0907 e. The molecule has 1 aromatic heterocycles. The van der Waals surface area contributed by atoms with Crippen molar-refractivity contribution in [1.29, 1.82) is 0 Å². The Morgan fingerprint density at radius 1 is 1.38 bits per heavy atom. The number of hydrogen-bond acceptors (Lipinski definition) is 4. The first-order valence-corrected chi connectivity index (χ1v) is 6.20. The Labute approximate surface area is 99.9 Å². The van der Waals surface area contributed by atoms with Crippen LogP contribution in [-0.2, 0) is 0 Å². The Balaban J connectivity index is 2.57. The van der Waals surface area contributed by atoms with Crippen LogP contribution in [0.1, 0.15) is 18.9 Å². The average Bonchev–Trinajstić information content (AvgIpc) is 2.54. The average molecular weight is 235 g/mol. The molecule has 0 amide bonds. The van der Waals surface area contributed by atoms with Crippen molar-refractivity contribution in [1.82, 2.24) is 4.98 Å². The summed E-state index contributed by atoms with van der Waals surface area (Å²) in [4.78, 5) is 6.66. The molecule has 3 nitrogen and oxygen atoms in total. The minimum Gasteiger partial charge on any atom is -0.397 e. The molecule has 0 saturated carbocycles. The van der Waals surface area contributed by atoms with Gasteiger partial charge in [-0.05, 0) is 32.9 Å². The van der Waals surface area contributed by atoms with Gasteiger partial charge in [0.15, 0.2) is 0 Å². The molecule has 1 heterocycles. The molecule has 0 unspecified atom stereocenters. The lowest BCUT2D eigenvalue weighted by molar-refractivity contribution is 0.756. The normalized spacial score (nSPS) is 11.3. The minimum absolute atomic E-state index is 0.430. The summed E-state index contributed by atoms with van der Waals surface area (Å²) in [5.41, 5.74) is 9.00. The van der Waals surface area contributed by atoms with Gasteiger partial charge in [0.2, 0.25) is 0 Å². The highest BCUT2D eigenvalue weighted by Gasteiger charge is 2.11. The molecular weight excluding hydrogens is 218 g/mol. The lowest BCUT2D eigenvalue weighted by atomic mass is 10.2. The van der Waals surface area contributed by atoms with Crippen LogP contribution in [0.2, 0.25) is 0 Å². The number of nitrogens with zero attached hydrogens (tertiary/aromatic N) is 2. The van der Waals surface area contributed by atoms with Gasteiger partial charge in [0.1, 0.15) is 0 Å². The number of hydrogen-bond donors (Lipinski definition) is 1. The summed E-state index contributed by atoms with van der Waals surface area (Å²) in [7, 11) is 2.06. The van der Waals surface area contributed by atoms with Crippen LogP contribution in [0.5, 0.6) is 0 Å². The third-order valence-electron chi connectivity index (χ3n) is 2.80. The van der Waals surface area contributed by atoms with E-state index in [9.17, 15) is 0 Å². The van der Waals surface area contributed by atoms with Gasteiger partial charge in [-0.25, -0.2) is 4.98 Å². The molecule has 0 atom stereocenters. The summed E-state index contributed by atoms with van der Waals surface area (Å²) in [5.74, 6) is 0. The van der Waals surface area contributed by atoms with E-state index in [-0.39, 0.29) is 0 Å². The van der Waals surface area contributed by atoms with Gasteiger partial charge in [-0.2, -0.15) is 0 Å². The molecule has 86 valence electrons. The summed E-state index contributed by atoms with van der Waals surface area (Å²) in [6.45, 7) is 6.32. The highest BCUT2D eigenvalue weighted by atomic mass is 32.1. The molecule has 0 aliphatic rings. The Kier molecular flexibility index (Phi) is 2.76. The quantitative estimate of drug-likeness (QED) is 0.814. The fourth-order valence-corrected chi connectivity index (χ4v) is 2.53. The SMILES string of the molecule is Cc1nc2cc(N(C)C(C)C)c(N)cc2s1. The van der Waals surface area contributed by atoms with Crippen LogP contribution in [0.15, 0.2) is 12.1 Å². The molecule has 0 saturated heterocycles. The zero-order chi connectivity index (χ0) is 11.9. The van der Waals surface area contributed by atoms with Crippen LogP contribution in [0, 0.1) is 6.92 Å². The third kappa shape index (κ3) is 1.85. The minimum atomic E-state index is 0.430. The number of anilines is 2. The van der Waals surface area contributed by atoms with Crippen molar-refractivity contribution in [3.63, 3.8) is 0 Å².